The molecule has 1 heterocycles. The van der Waals surface area contributed by atoms with Gasteiger partial charge in [-0.1, -0.05) is 65.7 Å². The van der Waals surface area contributed by atoms with Crippen LogP contribution in [-0.2, 0) is 0 Å². The first-order valence-electron chi connectivity index (χ1n) is 9.70. The van der Waals surface area contributed by atoms with Gasteiger partial charge in [-0.3, -0.25) is 5.41 Å². The summed E-state index contributed by atoms with van der Waals surface area (Å²) in [6, 6.07) is 24.1. The molecule has 0 aromatic heterocycles. The summed E-state index contributed by atoms with van der Waals surface area (Å²) < 4.78 is 0. The van der Waals surface area contributed by atoms with Gasteiger partial charge in [-0.05, 0) is 48.4 Å². The second-order valence-corrected chi connectivity index (χ2v) is 8.23. The fourth-order valence-electron chi connectivity index (χ4n) is 3.96. The molecule has 0 radical (unpaired) electrons. The van der Waals surface area contributed by atoms with Crippen LogP contribution < -0.4 is 4.90 Å². The molecule has 1 fully saturated rings. The highest BCUT2D eigenvalue weighted by Crippen LogP contribution is 2.34. The normalized spacial score (nSPS) is 16.7. The zero-order valence-electron chi connectivity index (χ0n) is 16.3. The van der Waals surface area contributed by atoms with E-state index in [1.54, 1.807) is 0 Å². The Kier molecular flexibility index (Phi) is 5.79. The molecule has 1 atom stereocenters. The fourth-order valence-corrected chi connectivity index (χ4v) is 4.32. The lowest BCUT2D eigenvalue weighted by molar-refractivity contribution is 0.329. The maximum absolute atomic E-state index is 8.72. The largest absolute Gasteiger partial charge is 0.361 e. The summed E-state index contributed by atoms with van der Waals surface area (Å²) in [5, 5.41) is 10.2. The number of piperazine rings is 1. The van der Waals surface area contributed by atoms with Gasteiger partial charge in [-0.2, -0.15) is 0 Å². The predicted molar refractivity (Wildman–Crippen MR) is 123 cm³/mol. The summed E-state index contributed by atoms with van der Waals surface area (Å²) in [4.78, 5) is 4.58. The first-order chi connectivity index (χ1) is 14.0. The molecule has 3 nitrogen and oxygen atoms in total. The van der Waals surface area contributed by atoms with Crippen molar-refractivity contribution in [1.82, 2.24) is 4.90 Å². The maximum atomic E-state index is 8.72. The van der Waals surface area contributed by atoms with E-state index in [1.807, 2.05) is 54.6 Å². The summed E-state index contributed by atoms with van der Waals surface area (Å²) in [6.45, 7) is 4.45. The molecular formula is C24H23Cl2N3. The first-order valence-corrected chi connectivity index (χ1v) is 10.5. The van der Waals surface area contributed by atoms with Gasteiger partial charge in [0.05, 0.1) is 6.04 Å². The summed E-state index contributed by atoms with van der Waals surface area (Å²) in [5.74, 6) is 0.567. The predicted octanol–water partition coefficient (Wildman–Crippen LogP) is 6.19. The van der Waals surface area contributed by atoms with Gasteiger partial charge in [0, 0.05) is 40.9 Å². The second-order valence-electron chi connectivity index (χ2n) is 7.35. The molecule has 0 aliphatic carbocycles. The molecule has 1 N–H and O–H groups in total. The van der Waals surface area contributed by atoms with Crippen LogP contribution >= 0.6 is 23.2 Å². The van der Waals surface area contributed by atoms with Gasteiger partial charge in [0.2, 0.25) is 0 Å². The smallest absolute Gasteiger partial charge is 0.128 e. The Hall–Kier alpha value is -2.49. The van der Waals surface area contributed by atoms with E-state index >= 15 is 0 Å². The van der Waals surface area contributed by atoms with Crippen LogP contribution in [0.1, 0.15) is 22.7 Å². The van der Waals surface area contributed by atoms with E-state index in [9.17, 15) is 0 Å². The number of hydrogen-bond acceptors (Lipinski definition) is 2. The van der Waals surface area contributed by atoms with Crippen LogP contribution in [0.3, 0.4) is 0 Å². The van der Waals surface area contributed by atoms with E-state index in [1.165, 1.54) is 11.3 Å². The zero-order chi connectivity index (χ0) is 20.4. The number of halogens is 2. The Morgan fingerprint density at radius 3 is 2.28 bits per heavy atom. The molecule has 29 heavy (non-hydrogen) atoms. The number of nitrogens with one attached hydrogen (secondary N) is 1. The number of benzene rings is 3. The third kappa shape index (κ3) is 4.26. The van der Waals surface area contributed by atoms with Gasteiger partial charge < -0.3 is 9.80 Å². The number of anilines is 1. The van der Waals surface area contributed by atoms with Crippen LogP contribution in [0.2, 0.25) is 10.0 Å². The lowest BCUT2D eigenvalue weighted by Gasteiger charge is -2.44. The van der Waals surface area contributed by atoms with Gasteiger partial charge in [0.1, 0.15) is 5.84 Å². The number of amidine groups is 1. The van der Waals surface area contributed by atoms with Crippen molar-refractivity contribution in [3.05, 3.63) is 99.5 Å². The number of rotatable bonds is 3. The molecular weight excluding hydrogens is 401 g/mol. The molecule has 3 aromatic rings. The average Bonchev–Trinajstić information content (AvgIpc) is 2.74. The quantitative estimate of drug-likeness (QED) is 0.401. The van der Waals surface area contributed by atoms with Crippen LogP contribution in [0.15, 0.2) is 72.8 Å². The van der Waals surface area contributed by atoms with Crippen molar-refractivity contribution in [2.75, 3.05) is 24.5 Å². The zero-order valence-corrected chi connectivity index (χ0v) is 17.8. The number of nitrogens with zero attached hydrogens (tertiary/aromatic N) is 2. The average molecular weight is 424 g/mol. The topological polar surface area (TPSA) is 30.3 Å². The highest BCUT2D eigenvalue weighted by molar-refractivity contribution is 6.31. The van der Waals surface area contributed by atoms with Gasteiger partial charge >= 0.3 is 0 Å². The van der Waals surface area contributed by atoms with Crippen molar-refractivity contribution in [2.45, 2.75) is 13.0 Å². The van der Waals surface area contributed by atoms with Crippen molar-refractivity contribution >= 4 is 34.7 Å². The van der Waals surface area contributed by atoms with Crippen LogP contribution in [0, 0.1) is 12.3 Å². The maximum Gasteiger partial charge on any atom is 0.128 e. The lowest BCUT2D eigenvalue weighted by atomic mass is 9.99. The van der Waals surface area contributed by atoms with Crippen LogP contribution in [0.4, 0.5) is 5.69 Å². The molecule has 0 bridgehead atoms. The fraction of sp³-hybridized carbons (Fsp3) is 0.208. The van der Waals surface area contributed by atoms with Crippen molar-refractivity contribution in [3.8, 4) is 0 Å². The van der Waals surface area contributed by atoms with Crippen molar-refractivity contribution in [1.29, 1.82) is 5.41 Å². The van der Waals surface area contributed by atoms with Crippen molar-refractivity contribution < 1.29 is 0 Å². The van der Waals surface area contributed by atoms with Crippen molar-refractivity contribution in [3.63, 3.8) is 0 Å². The van der Waals surface area contributed by atoms with E-state index in [-0.39, 0.29) is 6.04 Å². The van der Waals surface area contributed by atoms with Gasteiger partial charge in [-0.15, -0.1) is 0 Å². The number of hydrogen-bond donors (Lipinski definition) is 1. The highest BCUT2D eigenvalue weighted by atomic mass is 35.5. The van der Waals surface area contributed by atoms with Crippen molar-refractivity contribution in [2.24, 2.45) is 0 Å². The van der Waals surface area contributed by atoms with Crippen LogP contribution in [-0.4, -0.2) is 30.4 Å². The molecule has 0 spiro atoms. The Bertz CT molecular complexity index is 1000. The Labute approximate surface area is 182 Å². The van der Waals surface area contributed by atoms with Crippen LogP contribution in [0.5, 0.6) is 0 Å². The van der Waals surface area contributed by atoms with Gasteiger partial charge in [0.15, 0.2) is 0 Å². The molecule has 1 saturated heterocycles. The molecule has 0 saturated carbocycles. The minimum atomic E-state index is 0.116. The van der Waals surface area contributed by atoms with E-state index in [2.05, 4.69) is 34.9 Å². The SMILES string of the molecule is Cc1cc(Cl)ccc1N1CCN(C(=N)c2ccccc2)CC1c1ccc(Cl)cc1. The van der Waals surface area contributed by atoms with Gasteiger partial charge in [0.25, 0.3) is 0 Å². The van der Waals surface area contributed by atoms with Gasteiger partial charge in [-0.25, -0.2) is 0 Å². The minimum Gasteiger partial charge on any atom is -0.361 e. The minimum absolute atomic E-state index is 0.116. The van der Waals surface area contributed by atoms with E-state index in [0.29, 0.717) is 5.84 Å². The van der Waals surface area contributed by atoms with E-state index < -0.39 is 0 Å². The summed E-state index contributed by atoms with van der Waals surface area (Å²) in [7, 11) is 0. The van der Waals surface area contributed by atoms with E-state index in [0.717, 1.165) is 40.8 Å². The Morgan fingerprint density at radius 2 is 1.59 bits per heavy atom. The summed E-state index contributed by atoms with van der Waals surface area (Å²) in [5.41, 5.74) is 4.47. The summed E-state index contributed by atoms with van der Waals surface area (Å²) >= 11 is 12.3. The standard InChI is InChI=1S/C24H23Cl2N3/c1-17-15-21(26)11-12-22(17)29-14-13-28(24(27)19-5-3-2-4-6-19)16-23(29)18-7-9-20(25)10-8-18/h2-12,15,23,27H,13-14,16H2,1H3. The molecule has 1 aliphatic rings. The molecule has 5 heteroatoms. The molecule has 1 unspecified atom stereocenters. The molecule has 4 rings (SSSR count). The number of aryl methyl sites for hydroxylation is 1. The first kappa shape index (κ1) is 19.8. The molecule has 1 aliphatic heterocycles. The Morgan fingerprint density at radius 1 is 0.897 bits per heavy atom. The monoisotopic (exact) mass is 423 g/mol. The van der Waals surface area contributed by atoms with Crippen LogP contribution in [0.25, 0.3) is 0 Å². The Balaban J connectivity index is 1.68. The molecule has 0 amide bonds. The second kappa shape index (κ2) is 8.48. The molecule has 3 aromatic carbocycles. The molecule has 148 valence electrons. The summed E-state index contributed by atoms with van der Waals surface area (Å²) in [6.07, 6.45) is 0. The van der Waals surface area contributed by atoms with E-state index in [4.69, 9.17) is 28.6 Å². The highest BCUT2D eigenvalue weighted by Gasteiger charge is 2.30. The third-order valence-corrected chi connectivity index (χ3v) is 5.95. The lowest BCUT2D eigenvalue weighted by Crippen LogP contribution is -2.50. The third-order valence-electron chi connectivity index (χ3n) is 5.47.